The Hall–Kier alpha value is -2.38. The van der Waals surface area contributed by atoms with Crippen LogP contribution in [0.5, 0.6) is 0 Å². The predicted octanol–water partition coefficient (Wildman–Crippen LogP) is 2.36. The molecule has 2 aromatic rings. The summed E-state index contributed by atoms with van der Waals surface area (Å²) in [6, 6.07) is 7.89. The van der Waals surface area contributed by atoms with Crippen LogP contribution in [-0.2, 0) is 24.2 Å². The molecule has 0 atom stereocenters. The largest absolute Gasteiger partial charge is 0.338 e. The normalized spacial score (nSPS) is 17.3. The fraction of sp³-hybridized carbons (Fsp3) is 0.500. The molecule has 3 heterocycles. The molecule has 1 N–H and O–H groups in total. The second kappa shape index (κ2) is 8.78. The number of aromatic amines is 1. The summed E-state index contributed by atoms with van der Waals surface area (Å²) in [6.07, 6.45) is 0.929. The van der Waals surface area contributed by atoms with E-state index < -0.39 is 0 Å². The molecule has 2 amide bonds. The Labute approximate surface area is 182 Å². The van der Waals surface area contributed by atoms with Crippen molar-refractivity contribution in [1.29, 1.82) is 0 Å². The highest BCUT2D eigenvalue weighted by atomic mass is 35.5. The second-order valence-corrected chi connectivity index (χ2v) is 8.69. The third kappa shape index (κ3) is 4.23. The van der Waals surface area contributed by atoms with E-state index in [0.717, 1.165) is 29.9 Å². The van der Waals surface area contributed by atoms with E-state index in [4.69, 9.17) is 11.6 Å². The van der Waals surface area contributed by atoms with Crippen molar-refractivity contribution < 1.29 is 9.59 Å². The van der Waals surface area contributed by atoms with E-state index in [9.17, 15) is 9.59 Å². The van der Waals surface area contributed by atoms with E-state index in [0.29, 0.717) is 49.4 Å². The third-order valence-corrected chi connectivity index (χ3v) is 6.49. The molecule has 1 fully saturated rings. The SMILES string of the molecule is CC(C)N1CCN(C(=O)c2n[nH]c3c2CN(C(=O)Cc2ccccc2Cl)CC3)CC1. The van der Waals surface area contributed by atoms with Crippen LogP contribution in [0.25, 0.3) is 0 Å². The highest BCUT2D eigenvalue weighted by Gasteiger charge is 2.31. The van der Waals surface area contributed by atoms with Gasteiger partial charge in [-0.05, 0) is 25.5 Å². The quantitative estimate of drug-likeness (QED) is 0.809. The summed E-state index contributed by atoms with van der Waals surface area (Å²) in [6.45, 7) is 8.52. The number of carbonyl (C=O) groups is 2. The molecule has 0 saturated carbocycles. The van der Waals surface area contributed by atoms with E-state index >= 15 is 0 Å². The third-order valence-electron chi connectivity index (χ3n) is 6.12. The predicted molar refractivity (Wildman–Crippen MR) is 115 cm³/mol. The number of hydrogen-bond donors (Lipinski definition) is 1. The zero-order valence-corrected chi connectivity index (χ0v) is 18.3. The fourth-order valence-corrected chi connectivity index (χ4v) is 4.40. The number of aromatic nitrogens is 2. The number of amides is 2. The van der Waals surface area contributed by atoms with Crippen molar-refractivity contribution in [3.63, 3.8) is 0 Å². The van der Waals surface area contributed by atoms with Gasteiger partial charge in [-0.25, -0.2) is 0 Å². The molecule has 1 saturated heterocycles. The van der Waals surface area contributed by atoms with Gasteiger partial charge in [-0.15, -0.1) is 0 Å². The lowest BCUT2D eigenvalue weighted by Crippen LogP contribution is -2.51. The molecule has 1 aromatic carbocycles. The highest BCUT2D eigenvalue weighted by Crippen LogP contribution is 2.24. The lowest BCUT2D eigenvalue weighted by Gasteiger charge is -2.37. The Kier molecular flexibility index (Phi) is 6.11. The van der Waals surface area contributed by atoms with Crippen LogP contribution in [0.4, 0.5) is 0 Å². The Balaban J connectivity index is 1.44. The minimum atomic E-state index is -0.0451. The van der Waals surface area contributed by atoms with Crippen molar-refractivity contribution in [3.8, 4) is 0 Å². The molecule has 0 spiro atoms. The summed E-state index contributed by atoms with van der Waals surface area (Å²) in [5, 5.41) is 7.95. The zero-order valence-electron chi connectivity index (χ0n) is 17.5. The fourth-order valence-electron chi connectivity index (χ4n) is 4.19. The summed E-state index contributed by atoms with van der Waals surface area (Å²) in [7, 11) is 0. The molecular formula is C22H28ClN5O2. The Bertz CT molecular complexity index is 933. The van der Waals surface area contributed by atoms with Crippen LogP contribution >= 0.6 is 11.6 Å². The lowest BCUT2D eigenvalue weighted by molar-refractivity contribution is -0.131. The maximum atomic E-state index is 13.1. The molecule has 0 unspecified atom stereocenters. The Morgan fingerprint density at radius 3 is 2.53 bits per heavy atom. The molecule has 2 aliphatic heterocycles. The van der Waals surface area contributed by atoms with Gasteiger partial charge in [-0.3, -0.25) is 19.6 Å². The van der Waals surface area contributed by atoms with Crippen LogP contribution in [0, 0.1) is 0 Å². The topological polar surface area (TPSA) is 72.5 Å². The monoisotopic (exact) mass is 429 g/mol. The van der Waals surface area contributed by atoms with E-state index in [1.807, 2.05) is 23.1 Å². The maximum Gasteiger partial charge on any atom is 0.274 e. The van der Waals surface area contributed by atoms with Crippen LogP contribution in [0.2, 0.25) is 5.02 Å². The van der Waals surface area contributed by atoms with Crippen molar-refractivity contribution in [2.75, 3.05) is 32.7 Å². The summed E-state index contributed by atoms with van der Waals surface area (Å²) in [5.74, 6) is -0.0322. The smallest absolute Gasteiger partial charge is 0.274 e. The van der Waals surface area contributed by atoms with Crippen LogP contribution in [0.3, 0.4) is 0 Å². The summed E-state index contributed by atoms with van der Waals surface area (Å²) < 4.78 is 0. The average molecular weight is 430 g/mol. The molecule has 8 heteroatoms. The number of carbonyl (C=O) groups excluding carboxylic acids is 2. The standard InChI is InChI=1S/C22H28ClN5O2/c1-15(2)26-9-11-27(12-10-26)22(30)21-17-14-28(8-7-19(17)24-25-21)20(29)13-16-5-3-4-6-18(16)23/h3-6,15H,7-14H2,1-2H3,(H,24,25). The van der Waals surface area contributed by atoms with E-state index in [-0.39, 0.29) is 18.2 Å². The molecule has 160 valence electrons. The number of rotatable bonds is 4. The van der Waals surface area contributed by atoms with Gasteiger partial charge in [0.15, 0.2) is 5.69 Å². The summed E-state index contributed by atoms with van der Waals surface area (Å²) in [5.41, 5.74) is 3.09. The lowest BCUT2D eigenvalue weighted by atomic mass is 10.0. The van der Waals surface area contributed by atoms with Crippen LogP contribution in [0.15, 0.2) is 24.3 Å². The maximum absolute atomic E-state index is 13.1. The van der Waals surface area contributed by atoms with Crippen molar-refractivity contribution in [1.82, 2.24) is 24.9 Å². The minimum Gasteiger partial charge on any atom is -0.338 e. The first-order valence-corrected chi connectivity index (χ1v) is 10.9. The molecule has 7 nitrogen and oxygen atoms in total. The van der Waals surface area contributed by atoms with Gasteiger partial charge in [0.2, 0.25) is 5.91 Å². The number of hydrogen-bond acceptors (Lipinski definition) is 4. The van der Waals surface area contributed by atoms with Gasteiger partial charge in [0.1, 0.15) is 0 Å². The first kappa shape index (κ1) is 20.9. The first-order valence-electron chi connectivity index (χ1n) is 10.5. The molecule has 1 aromatic heterocycles. The van der Waals surface area contributed by atoms with Gasteiger partial charge in [-0.1, -0.05) is 29.8 Å². The van der Waals surface area contributed by atoms with Crippen LogP contribution in [-0.4, -0.2) is 75.5 Å². The molecule has 0 radical (unpaired) electrons. The summed E-state index contributed by atoms with van der Waals surface area (Å²) in [4.78, 5) is 32.0. The molecule has 2 aliphatic rings. The number of fused-ring (bicyclic) bond motifs is 1. The van der Waals surface area contributed by atoms with Gasteiger partial charge in [0.25, 0.3) is 5.91 Å². The molecule has 4 rings (SSSR count). The van der Waals surface area contributed by atoms with E-state index in [1.54, 1.807) is 11.0 Å². The van der Waals surface area contributed by atoms with Crippen molar-refractivity contribution in [2.45, 2.75) is 39.3 Å². The number of nitrogens with zero attached hydrogens (tertiary/aromatic N) is 4. The Morgan fingerprint density at radius 2 is 1.83 bits per heavy atom. The zero-order chi connectivity index (χ0) is 21.3. The highest BCUT2D eigenvalue weighted by molar-refractivity contribution is 6.31. The molecule has 0 aliphatic carbocycles. The second-order valence-electron chi connectivity index (χ2n) is 8.28. The van der Waals surface area contributed by atoms with Crippen molar-refractivity contribution >= 4 is 23.4 Å². The van der Waals surface area contributed by atoms with Gasteiger partial charge in [-0.2, -0.15) is 5.10 Å². The number of nitrogens with one attached hydrogen (secondary N) is 1. The molecular weight excluding hydrogens is 402 g/mol. The van der Waals surface area contributed by atoms with Gasteiger partial charge >= 0.3 is 0 Å². The van der Waals surface area contributed by atoms with Gasteiger partial charge in [0.05, 0.1) is 6.42 Å². The molecule has 30 heavy (non-hydrogen) atoms. The van der Waals surface area contributed by atoms with Crippen molar-refractivity contribution in [3.05, 3.63) is 51.8 Å². The Morgan fingerprint density at radius 1 is 1.10 bits per heavy atom. The van der Waals surface area contributed by atoms with Crippen LogP contribution < -0.4 is 0 Å². The van der Waals surface area contributed by atoms with Gasteiger partial charge < -0.3 is 9.80 Å². The average Bonchev–Trinajstić information content (AvgIpc) is 3.18. The van der Waals surface area contributed by atoms with Crippen LogP contribution in [0.1, 0.15) is 41.2 Å². The van der Waals surface area contributed by atoms with E-state index in [1.165, 1.54) is 0 Å². The van der Waals surface area contributed by atoms with Gasteiger partial charge in [0, 0.05) is 68.0 Å². The first-order chi connectivity index (χ1) is 14.4. The van der Waals surface area contributed by atoms with Crippen molar-refractivity contribution in [2.24, 2.45) is 0 Å². The summed E-state index contributed by atoms with van der Waals surface area (Å²) >= 11 is 6.21. The number of piperazine rings is 1. The number of H-pyrrole nitrogens is 1. The van der Waals surface area contributed by atoms with E-state index in [2.05, 4.69) is 28.9 Å². The minimum absolute atomic E-state index is 0.0129. The molecule has 0 bridgehead atoms. The number of halogens is 1. The number of benzene rings is 1.